The zero-order chi connectivity index (χ0) is 11.0. The van der Waals surface area contributed by atoms with Gasteiger partial charge in [0.1, 0.15) is 5.82 Å². The topological polar surface area (TPSA) is 42.7 Å². The number of rotatable bonds is 1. The summed E-state index contributed by atoms with van der Waals surface area (Å²) in [5.41, 5.74) is 0.450. The van der Waals surface area contributed by atoms with Crippen molar-refractivity contribution in [1.82, 2.24) is 14.8 Å². The second-order valence-electron chi connectivity index (χ2n) is 3.74. The Morgan fingerprint density at radius 1 is 1.31 bits per heavy atom. The highest BCUT2D eigenvalue weighted by atomic mass is 19.1. The Morgan fingerprint density at radius 3 is 3.00 bits per heavy atom. The van der Waals surface area contributed by atoms with Gasteiger partial charge < -0.3 is 5.32 Å². The normalized spacial score (nSPS) is 14.3. The fourth-order valence-corrected chi connectivity index (χ4v) is 1.81. The van der Waals surface area contributed by atoms with Crippen LogP contribution < -0.4 is 5.32 Å². The lowest BCUT2D eigenvalue weighted by atomic mass is 10.2. The van der Waals surface area contributed by atoms with Gasteiger partial charge in [0.2, 0.25) is 5.95 Å². The van der Waals surface area contributed by atoms with Crippen LogP contribution in [-0.4, -0.2) is 21.3 Å². The first-order chi connectivity index (χ1) is 7.84. The summed E-state index contributed by atoms with van der Waals surface area (Å²) in [4.78, 5) is 4.28. The van der Waals surface area contributed by atoms with Gasteiger partial charge in [-0.05, 0) is 18.6 Å². The smallest absolute Gasteiger partial charge is 0.221 e. The number of hydrogen-bond acceptors (Lipinski definition) is 3. The maximum Gasteiger partial charge on any atom is 0.221 e. The summed E-state index contributed by atoms with van der Waals surface area (Å²) < 4.78 is 15.3. The Labute approximate surface area is 92.1 Å². The van der Waals surface area contributed by atoms with Gasteiger partial charge in [0.05, 0.1) is 5.56 Å². The summed E-state index contributed by atoms with van der Waals surface area (Å²) in [6, 6.07) is 6.55. The molecule has 0 radical (unpaired) electrons. The molecule has 1 aromatic carbocycles. The van der Waals surface area contributed by atoms with Crippen LogP contribution in [0.3, 0.4) is 0 Å². The van der Waals surface area contributed by atoms with Gasteiger partial charge >= 0.3 is 0 Å². The average Bonchev–Trinajstić information content (AvgIpc) is 2.73. The molecule has 1 aliphatic rings. The van der Waals surface area contributed by atoms with Crippen LogP contribution in [0.5, 0.6) is 0 Å². The molecule has 0 saturated heterocycles. The number of benzene rings is 1. The first-order valence-electron chi connectivity index (χ1n) is 5.28. The molecule has 1 N–H and O–H groups in total. The standard InChI is InChI=1S/C11H11FN4/c12-9-5-2-1-4-8(9)10-14-11-13-6-3-7-16(11)15-10/h1-2,4-5H,3,6-7H2,(H,13,14,15). The summed E-state index contributed by atoms with van der Waals surface area (Å²) in [7, 11) is 0. The van der Waals surface area contributed by atoms with E-state index in [-0.39, 0.29) is 5.82 Å². The van der Waals surface area contributed by atoms with Crippen molar-refractivity contribution >= 4 is 5.95 Å². The Balaban J connectivity index is 2.07. The second-order valence-corrected chi connectivity index (χ2v) is 3.74. The minimum absolute atomic E-state index is 0.287. The van der Waals surface area contributed by atoms with Gasteiger partial charge in [-0.25, -0.2) is 9.07 Å². The molecular formula is C11H11FN4. The first kappa shape index (κ1) is 9.33. The van der Waals surface area contributed by atoms with Gasteiger partial charge in [0.25, 0.3) is 0 Å². The molecule has 0 bridgehead atoms. The molecule has 0 amide bonds. The highest BCUT2D eigenvalue weighted by molar-refractivity contribution is 5.57. The predicted octanol–water partition coefficient (Wildman–Crippen LogP) is 1.90. The van der Waals surface area contributed by atoms with Gasteiger partial charge in [-0.3, -0.25) is 0 Å². The molecule has 2 heterocycles. The molecule has 82 valence electrons. The zero-order valence-corrected chi connectivity index (χ0v) is 8.65. The van der Waals surface area contributed by atoms with E-state index in [0.29, 0.717) is 11.4 Å². The van der Waals surface area contributed by atoms with Crippen LogP contribution in [0.1, 0.15) is 6.42 Å². The van der Waals surface area contributed by atoms with Crippen molar-refractivity contribution in [3.05, 3.63) is 30.1 Å². The summed E-state index contributed by atoms with van der Waals surface area (Å²) in [5.74, 6) is 0.887. The molecule has 1 aromatic heterocycles. The molecule has 16 heavy (non-hydrogen) atoms. The Morgan fingerprint density at radius 2 is 2.19 bits per heavy atom. The Bertz CT molecular complexity index is 497. The fourth-order valence-electron chi connectivity index (χ4n) is 1.81. The van der Waals surface area contributed by atoms with Crippen LogP contribution in [-0.2, 0) is 6.54 Å². The number of halogens is 1. The minimum Gasteiger partial charge on any atom is -0.354 e. The lowest BCUT2D eigenvalue weighted by Gasteiger charge is -2.12. The van der Waals surface area contributed by atoms with E-state index >= 15 is 0 Å². The number of nitrogens with one attached hydrogen (secondary N) is 1. The maximum absolute atomic E-state index is 13.5. The summed E-state index contributed by atoms with van der Waals surface area (Å²) in [5, 5.41) is 7.42. The van der Waals surface area contributed by atoms with Crippen molar-refractivity contribution in [1.29, 1.82) is 0 Å². The minimum atomic E-state index is -0.287. The third-order valence-electron chi connectivity index (χ3n) is 2.62. The monoisotopic (exact) mass is 218 g/mol. The molecule has 1 aliphatic heterocycles. The predicted molar refractivity (Wildman–Crippen MR) is 58.5 cm³/mol. The number of aryl methyl sites for hydroxylation is 1. The van der Waals surface area contributed by atoms with E-state index in [9.17, 15) is 4.39 Å². The summed E-state index contributed by atoms with van der Waals surface area (Å²) in [6.45, 7) is 1.74. The third-order valence-corrected chi connectivity index (χ3v) is 2.62. The summed E-state index contributed by atoms with van der Waals surface area (Å²) >= 11 is 0. The molecule has 3 rings (SSSR count). The van der Waals surface area contributed by atoms with Crippen molar-refractivity contribution < 1.29 is 4.39 Å². The number of anilines is 1. The molecule has 4 nitrogen and oxygen atoms in total. The van der Waals surface area contributed by atoms with Crippen LogP contribution in [0.2, 0.25) is 0 Å². The van der Waals surface area contributed by atoms with Crippen molar-refractivity contribution in [3.8, 4) is 11.4 Å². The van der Waals surface area contributed by atoms with E-state index in [0.717, 1.165) is 25.5 Å². The number of aromatic nitrogens is 3. The molecule has 0 fully saturated rings. The molecule has 0 unspecified atom stereocenters. The highest BCUT2D eigenvalue weighted by Crippen LogP contribution is 2.22. The number of fused-ring (bicyclic) bond motifs is 1. The summed E-state index contributed by atoms with van der Waals surface area (Å²) in [6.07, 6.45) is 1.02. The first-order valence-corrected chi connectivity index (χ1v) is 5.28. The van der Waals surface area contributed by atoms with Crippen molar-refractivity contribution in [3.63, 3.8) is 0 Å². The van der Waals surface area contributed by atoms with E-state index < -0.39 is 0 Å². The maximum atomic E-state index is 13.5. The highest BCUT2D eigenvalue weighted by Gasteiger charge is 2.16. The lowest BCUT2D eigenvalue weighted by molar-refractivity contribution is 0.565. The molecule has 5 heteroatoms. The van der Waals surface area contributed by atoms with Crippen molar-refractivity contribution in [2.75, 3.05) is 11.9 Å². The quantitative estimate of drug-likeness (QED) is 0.795. The van der Waals surface area contributed by atoms with Gasteiger partial charge in [-0.15, -0.1) is 5.10 Å². The fraction of sp³-hybridized carbons (Fsp3) is 0.273. The molecule has 0 spiro atoms. The SMILES string of the molecule is Fc1ccccc1-c1nc2n(n1)CCCN2. The zero-order valence-electron chi connectivity index (χ0n) is 8.65. The van der Waals surface area contributed by atoms with Crippen LogP contribution in [0, 0.1) is 5.82 Å². The van der Waals surface area contributed by atoms with Crippen LogP contribution >= 0.6 is 0 Å². The van der Waals surface area contributed by atoms with Crippen LogP contribution in [0.25, 0.3) is 11.4 Å². The molecule has 0 aliphatic carbocycles. The van der Waals surface area contributed by atoms with Gasteiger partial charge in [-0.1, -0.05) is 12.1 Å². The van der Waals surface area contributed by atoms with Crippen molar-refractivity contribution in [2.45, 2.75) is 13.0 Å². The van der Waals surface area contributed by atoms with Crippen LogP contribution in [0.4, 0.5) is 10.3 Å². The molecular weight excluding hydrogens is 207 g/mol. The van der Waals surface area contributed by atoms with E-state index in [4.69, 9.17) is 0 Å². The van der Waals surface area contributed by atoms with E-state index in [1.165, 1.54) is 6.07 Å². The van der Waals surface area contributed by atoms with Gasteiger partial charge in [0, 0.05) is 13.1 Å². The third kappa shape index (κ3) is 1.44. The van der Waals surface area contributed by atoms with E-state index in [2.05, 4.69) is 15.4 Å². The molecule has 0 saturated carbocycles. The van der Waals surface area contributed by atoms with Gasteiger partial charge in [-0.2, -0.15) is 4.98 Å². The van der Waals surface area contributed by atoms with Crippen LogP contribution in [0.15, 0.2) is 24.3 Å². The number of hydrogen-bond donors (Lipinski definition) is 1. The largest absolute Gasteiger partial charge is 0.354 e. The lowest BCUT2D eigenvalue weighted by Crippen LogP contribution is -2.17. The van der Waals surface area contributed by atoms with Crippen molar-refractivity contribution in [2.24, 2.45) is 0 Å². The Kier molecular flexibility index (Phi) is 2.09. The Hall–Kier alpha value is -1.91. The molecule has 0 atom stereocenters. The van der Waals surface area contributed by atoms with Gasteiger partial charge in [0.15, 0.2) is 5.82 Å². The van der Waals surface area contributed by atoms with E-state index in [1.54, 1.807) is 22.9 Å². The average molecular weight is 218 g/mol. The second kappa shape index (κ2) is 3.59. The molecule has 2 aromatic rings. The number of nitrogens with zero attached hydrogens (tertiary/aromatic N) is 3. The van der Waals surface area contributed by atoms with E-state index in [1.807, 2.05) is 0 Å².